The summed E-state index contributed by atoms with van der Waals surface area (Å²) >= 11 is 6.19. The second kappa shape index (κ2) is 5.63. The van der Waals surface area contributed by atoms with Crippen LogP contribution in [0, 0.1) is 5.41 Å². The van der Waals surface area contributed by atoms with Crippen LogP contribution >= 0.6 is 11.6 Å². The number of nitrogens with one attached hydrogen (secondary N) is 1. The first-order valence-electron chi connectivity index (χ1n) is 6.13. The Morgan fingerprint density at radius 2 is 2.37 bits per heavy atom. The summed E-state index contributed by atoms with van der Waals surface area (Å²) in [7, 11) is 0. The van der Waals surface area contributed by atoms with E-state index in [1.807, 2.05) is 11.8 Å². The maximum Gasteiger partial charge on any atom is 0.188 e. The SMILES string of the molecule is C[C@@H]1CN(c2ncc(CO)cc2Cl)CCN1C(=N)N. The third-order valence-corrected chi connectivity index (χ3v) is 3.58. The van der Waals surface area contributed by atoms with Crippen molar-refractivity contribution in [3.63, 3.8) is 0 Å². The van der Waals surface area contributed by atoms with Gasteiger partial charge in [-0.1, -0.05) is 11.6 Å². The number of anilines is 1. The minimum atomic E-state index is -0.0679. The Balaban J connectivity index is 2.14. The predicted octanol–water partition coefficient (Wildman–Crippen LogP) is 0.631. The molecule has 4 N–H and O–H groups in total. The van der Waals surface area contributed by atoms with Crippen LogP contribution in [0.3, 0.4) is 0 Å². The molecule has 1 atom stereocenters. The van der Waals surface area contributed by atoms with Gasteiger partial charge in [0.1, 0.15) is 5.82 Å². The first-order chi connectivity index (χ1) is 9.02. The number of aliphatic hydroxyl groups is 1. The fourth-order valence-electron chi connectivity index (χ4n) is 2.30. The average Bonchev–Trinajstić information content (AvgIpc) is 2.37. The molecule has 1 aromatic heterocycles. The zero-order valence-corrected chi connectivity index (χ0v) is 11.6. The molecule has 19 heavy (non-hydrogen) atoms. The van der Waals surface area contributed by atoms with Crippen molar-refractivity contribution in [1.82, 2.24) is 9.88 Å². The highest BCUT2D eigenvalue weighted by molar-refractivity contribution is 6.33. The topological polar surface area (TPSA) is 89.5 Å². The summed E-state index contributed by atoms with van der Waals surface area (Å²) in [6, 6.07) is 1.87. The fraction of sp³-hybridized carbons (Fsp3) is 0.500. The van der Waals surface area contributed by atoms with Crippen molar-refractivity contribution in [2.45, 2.75) is 19.6 Å². The third kappa shape index (κ3) is 2.90. The minimum absolute atomic E-state index is 0.0679. The Bertz CT molecular complexity index is 481. The van der Waals surface area contributed by atoms with Crippen LogP contribution in [0.2, 0.25) is 5.02 Å². The van der Waals surface area contributed by atoms with Gasteiger partial charge in [0.15, 0.2) is 5.96 Å². The molecule has 7 heteroatoms. The Morgan fingerprint density at radius 1 is 1.63 bits per heavy atom. The van der Waals surface area contributed by atoms with Gasteiger partial charge >= 0.3 is 0 Å². The number of hydrogen-bond donors (Lipinski definition) is 3. The molecular formula is C12H18ClN5O. The van der Waals surface area contributed by atoms with E-state index in [2.05, 4.69) is 9.88 Å². The molecule has 0 aliphatic carbocycles. The van der Waals surface area contributed by atoms with E-state index in [9.17, 15) is 0 Å². The quantitative estimate of drug-likeness (QED) is 0.547. The van der Waals surface area contributed by atoms with Crippen molar-refractivity contribution in [1.29, 1.82) is 5.41 Å². The molecule has 0 saturated carbocycles. The highest BCUT2D eigenvalue weighted by Crippen LogP contribution is 2.26. The van der Waals surface area contributed by atoms with Gasteiger partial charge in [-0.3, -0.25) is 5.41 Å². The number of nitrogens with zero attached hydrogens (tertiary/aromatic N) is 3. The van der Waals surface area contributed by atoms with Crippen LogP contribution in [-0.4, -0.2) is 46.6 Å². The molecular weight excluding hydrogens is 266 g/mol. The van der Waals surface area contributed by atoms with Gasteiger partial charge in [-0.05, 0) is 18.6 Å². The summed E-state index contributed by atoms with van der Waals surface area (Å²) in [5.74, 6) is 0.816. The molecule has 0 radical (unpaired) electrons. The number of pyridine rings is 1. The first-order valence-corrected chi connectivity index (χ1v) is 6.51. The molecule has 0 bridgehead atoms. The summed E-state index contributed by atoms with van der Waals surface area (Å²) in [6.07, 6.45) is 1.63. The zero-order valence-electron chi connectivity index (χ0n) is 10.8. The fourth-order valence-corrected chi connectivity index (χ4v) is 2.61. The largest absolute Gasteiger partial charge is 0.392 e. The van der Waals surface area contributed by atoms with Gasteiger partial charge in [0.05, 0.1) is 11.6 Å². The number of aromatic nitrogens is 1. The summed E-state index contributed by atoms with van der Waals surface area (Å²) in [6.45, 7) is 4.06. The lowest BCUT2D eigenvalue weighted by Gasteiger charge is -2.40. The molecule has 0 aromatic carbocycles. The molecule has 6 nitrogen and oxygen atoms in total. The second-order valence-electron chi connectivity index (χ2n) is 4.68. The summed E-state index contributed by atoms with van der Waals surface area (Å²) in [5, 5.41) is 17.1. The Morgan fingerprint density at radius 3 is 2.89 bits per heavy atom. The van der Waals surface area contributed by atoms with Crippen LogP contribution in [0.1, 0.15) is 12.5 Å². The molecule has 104 valence electrons. The van der Waals surface area contributed by atoms with E-state index in [0.29, 0.717) is 29.5 Å². The van der Waals surface area contributed by atoms with Crippen LogP contribution < -0.4 is 10.6 Å². The van der Waals surface area contributed by atoms with Crippen molar-refractivity contribution in [2.24, 2.45) is 5.73 Å². The zero-order chi connectivity index (χ0) is 14.0. The average molecular weight is 284 g/mol. The molecule has 0 spiro atoms. The van der Waals surface area contributed by atoms with Crippen molar-refractivity contribution in [2.75, 3.05) is 24.5 Å². The number of nitrogens with two attached hydrogens (primary N) is 1. The molecule has 1 saturated heterocycles. The minimum Gasteiger partial charge on any atom is -0.392 e. The number of piperazine rings is 1. The monoisotopic (exact) mass is 283 g/mol. The number of aliphatic hydroxyl groups excluding tert-OH is 1. The number of hydrogen-bond acceptors (Lipinski definition) is 4. The molecule has 1 fully saturated rings. The van der Waals surface area contributed by atoms with E-state index in [1.54, 1.807) is 12.3 Å². The molecule has 2 heterocycles. The number of guanidine groups is 1. The van der Waals surface area contributed by atoms with E-state index in [0.717, 1.165) is 6.54 Å². The van der Waals surface area contributed by atoms with E-state index >= 15 is 0 Å². The Labute approximate surface area is 117 Å². The van der Waals surface area contributed by atoms with Gasteiger partial charge in [-0.25, -0.2) is 4.98 Å². The number of rotatable bonds is 2. The van der Waals surface area contributed by atoms with Crippen LogP contribution in [-0.2, 0) is 6.61 Å². The van der Waals surface area contributed by atoms with Gasteiger partial charge in [0, 0.05) is 31.9 Å². The predicted molar refractivity (Wildman–Crippen MR) is 75.5 cm³/mol. The lowest BCUT2D eigenvalue weighted by molar-refractivity contribution is 0.281. The van der Waals surface area contributed by atoms with Crippen molar-refractivity contribution < 1.29 is 5.11 Å². The standard InChI is InChI=1S/C12H18ClN5O/c1-8-6-17(2-3-18(8)12(14)15)11-10(13)4-9(7-19)5-16-11/h4-5,8,19H,2-3,6-7H2,1H3,(H3,14,15)/t8-/m1/s1. The van der Waals surface area contributed by atoms with Crippen LogP contribution in [0.5, 0.6) is 0 Å². The first kappa shape index (κ1) is 13.9. The maximum atomic E-state index is 9.04. The van der Waals surface area contributed by atoms with Crippen molar-refractivity contribution in [3.05, 3.63) is 22.8 Å². The summed E-state index contributed by atoms with van der Waals surface area (Å²) < 4.78 is 0. The van der Waals surface area contributed by atoms with E-state index < -0.39 is 0 Å². The third-order valence-electron chi connectivity index (χ3n) is 3.30. The molecule has 1 aliphatic rings. The van der Waals surface area contributed by atoms with Crippen LogP contribution in [0.25, 0.3) is 0 Å². The lowest BCUT2D eigenvalue weighted by Crippen LogP contribution is -2.56. The normalized spacial score (nSPS) is 19.6. The van der Waals surface area contributed by atoms with Gasteiger partial charge in [0.2, 0.25) is 0 Å². The molecule has 0 unspecified atom stereocenters. The Hall–Kier alpha value is -1.53. The van der Waals surface area contributed by atoms with Crippen molar-refractivity contribution in [3.8, 4) is 0 Å². The van der Waals surface area contributed by atoms with Gasteiger partial charge in [0.25, 0.3) is 0 Å². The smallest absolute Gasteiger partial charge is 0.188 e. The number of halogens is 1. The van der Waals surface area contributed by atoms with E-state index in [1.165, 1.54) is 0 Å². The van der Waals surface area contributed by atoms with Gasteiger partial charge in [-0.15, -0.1) is 0 Å². The molecule has 1 aromatic rings. The van der Waals surface area contributed by atoms with E-state index in [-0.39, 0.29) is 18.6 Å². The second-order valence-corrected chi connectivity index (χ2v) is 5.09. The van der Waals surface area contributed by atoms with Crippen molar-refractivity contribution >= 4 is 23.4 Å². The molecule has 2 rings (SSSR count). The maximum absolute atomic E-state index is 9.04. The molecule has 0 amide bonds. The van der Waals surface area contributed by atoms with Gasteiger partial charge in [-0.2, -0.15) is 0 Å². The highest BCUT2D eigenvalue weighted by atomic mass is 35.5. The van der Waals surface area contributed by atoms with Crippen LogP contribution in [0.4, 0.5) is 5.82 Å². The van der Waals surface area contributed by atoms with Crippen LogP contribution in [0.15, 0.2) is 12.3 Å². The highest BCUT2D eigenvalue weighted by Gasteiger charge is 2.26. The van der Waals surface area contributed by atoms with E-state index in [4.69, 9.17) is 27.9 Å². The van der Waals surface area contributed by atoms with Gasteiger partial charge < -0.3 is 20.6 Å². The lowest BCUT2D eigenvalue weighted by atomic mass is 10.2. The molecule has 1 aliphatic heterocycles. The summed E-state index contributed by atoms with van der Waals surface area (Å²) in [4.78, 5) is 8.24. The summed E-state index contributed by atoms with van der Waals surface area (Å²) in [5.41, 5.74) is 6.23. The Kier molecular flexibility index (Phi) is 4.11.